The predicted molar refractivity (Wildman–Crippen MR) is 110 cm³/mol. The highest BCUT2D eigenvalue weighted by atomic mass is 16.5. The van der Waals surface area contributed by atoms with Gasteiger partial charge in [-0.25, -0.2) is 4.98 Å². The van der Waals surface area contributed by atoms with Crippen molar-refractivity contribution in [2.45, 2.75) is 20.4 Å². The molecule has 3 aromatic rings. The summed E-state index contributed by atoms with van der Waals surface area (Å²) in [6, 6.07) is 11.9. The summed E-state index contributed by atoms with van der Waals surface area (Å²) < 4.78 is 5.27. The summed E-state index contributed by atoms with van der Waals surface area (Å²) in [4.78, 5) is 25.2. The van der Waals surface area contributed by atoms with Gasteiger partial charge in [-0.1, -0.05) is 17.2 Å². The molecule has 0 radical (unpaired) electrons. The van der Waals surface area contributed by atoms with Crippen molar-refractivity contribution in [2.75, 3.05) is 33.3 Å². The third-order valence-electron chi connectivity index (χ3n) is 5.24. The molecule has 1 N–H and O–H groups in total. The summed E-state index contributed by atoms with van der Waals surface area (Å²) in [7, 11) is 1.66. The number of aromatic amines is 1. The molecular formula is C22H26N4O2. The van der Waals surface area contributed by atoms with Crippen LogP contribution < -0.4 is 4.74 Å². The van der Waals surface area contributed by atoms with E-state index >= 15 is 0 Å². The van der Waals surface area contributed by atoms with E-state index in [4.69, 9.17) is 4.74 Å². The number of amides is 1. The summed E-state index contributed by atoms with van der Waals surface area (Å²) >= 11 is 0. The Morgan fingerprint density at radius 1 is 1.07 bits per heavy atom. The van der Waals surface area contributed by atoms with Crippen molar-refractivity contribution < 1.29 is 9.53 Å². The topological polar surface area (TPSA) is 61.5 Å². The first-order chi connectivity index (χ1) is 13.5. The molecule has 0 atom stereocenters. The highest BCUT2D eigenvalue weighted by molar-refractivity contribution is 5.94. The lowest BCUT2D eigenvalue weighted by atomic mass is 10.1. The van der Waals surface area contributed by atoms with E-state index in [2.05, 4.69) is 20.9 Å². The molecule has 1 fully saturated rings. The van der Waals surface area contributed by atoms with Crippen LogP contribution in [0.25, 0.3) is 11.0 Å². The van der Waals surface area contributed by atoms with Gasteiger partial charge >= 0.3 is 0 Å². The van der Waals surface area contributed by atoms with E-state index in [1.54, 1.807) is 7.11 Å². The summed E-state index contributed by atoms with van der Waals surface area (Å²) in [5, 5.41) is 0. The number of carbonyl (C=O) groups excluding carboxylic acids is 1. The third-order valence-corrected chi connectivity index (χ3v) is 5.24. The number of aryl methyl sites for hydroxylation is 2. The van der Waals surface area contributed by atoms with E-state index in [9.17, 15) is 4.79 Å². The first-order valence-electron chi connectivity index (χ1n) is 9.64. The number of H-pyrrole nitrogens is 1. The molecule has 146 valence electrons. The van der Waals surface area contributed by atoms with Crippen LogP contribution in [-0.2, 0) is 6.54 Å². The van der Waals surface area contributed by atoms with Crippen molar-refractivity contribution >= 4 is 16.9 Å². The molecule has 2 aromatic carbocycles. The number of nitrogens with zero attached hydrogens (tertiary/aromatic N) is 3. The van der Waals surface area contributed by atoms with Gasteiger partial charge < -0.3 is 14.6 Å². The summed E-state index contributed by atoms with van der Waals surface area (Å²) in [5.74, 6) is 1.89. The van der Waals surface area contributed by atoms with Crippen LogP contribution in [0.5, 0.6) is 5.75 Å². The van der Waals surface area contributed by atoms with Crippen LogP contribution in [0.15, 0.2) is 36.4 Å². The van der Waals surface area contributed by atoms with Gasteiger partial charge in [0.1, 0.15) is 11.6 Å². The number of aromatic nitrogens is 2. The second kappa shape index (κ2) is 7.64. The lowest BCUT2D eigenvalue weighted by Gasteiger charge is -2.34. The zero-order valence-corrected chi connectivity index (χ0v) is 16.7. The molecule has 6 heteroatoms. The number of carbonyl (C=O) groups is 1. The molecule has 0 aliphatic carbocycles. The van der Waals surface area contributed by atoms with Crippen molar-refractivity contribution in [1.82, 2.24) is 19.8 Å². The largest absolute Gasteiger partial charge is 0.497 e. The van der Waals surface area contributed by atoms with Crippen molar-refractivity contribution in [3.8, 4) is 5.75 Å². The first kappa shape index (κ1) is 18.5. The molecule has 1 saturated heterocycles. The lowest BCUT2D eigenvalue weighted by Crippen LogP contribution is -2.48. The number of piperazine rings is 1. The molecule has 6 nitrogen and oxygen atoms in total. The van der Waals surface area contributed by atoms with Gasteiger partial charge in [0.05, 0.1) is 24.7 Å². The van der Waals surface area contributed by atoms with E-state index in [1.807, 2.05) is 49.1 Å². The lowest BCUT2D eigenvalue weighted by molar-refractivity contribution is 0.0625. The average molecular weight is 378 g/mol. The molecule has 4 rings (SSSR count). The summed E-state index contributed by atoms with van der Waals surface area (Å²) in [6.07, 6.45) is 0. The van der Waals surface area contributed by atoms with Crippen molar-refractivity contribution in [2.24, 2.45) is 0 Å². The molecule has 28 heavy (non-hydrogen) atoms. The Morgan fingerprint density at radius 3 is 2.46 bits per heavy atom. The Morgan fingerprint density at radius 2 is 1.79 bits per heavy atom. The molecule has 1 aliphatic rings. The fraction of sp³-hybridized carbons (Fsp3) is 0.364. The van der Waals surface area contributed by atoms with Gasteiger partial charge in [0.25, 0.3) is 5.91 Å². The molecule has 0 bridgehead atoms. The molecule has 2 heterocycles. The standard InChI is InChI=1S/C22H26N4O2/c1-15-10-16(2)12-17(11-15)22(27)26-8-6-25(7-9-26)14-21-23-19-5-4-18(28-3)13-20(19)24-21/h4-5,10-13H,6-9,14H2,1-3H3,(H,23,24). The number of fused-ring (bicyclic) bond motifs is 1. The monoisotopic (exact) mass is 378 g/mol. The van der Waals surface area contributed by atoms with Gasteiger partial charge in [0.2, 0.25) is 0 Å². The average Bonchev–Trinajstić information content (AvgIpc) is 3.08. The number of hydrogen-bond donors (Lipinski definition) is 1. The molecule has 0 spiro atoms. The second-order valence-electron chi connectivity index (χ2n) is 7.51. The van der Waals surface area contributed by atoms with Crippen LogP contribution in [0.1, 0.15) is 27.3 Å². The summed E-state index contributed by atoms with van der Waals surface area (Å²) in [6.45, 7) is 7.98. The van der Waals surface area contributed by atoms with E-state index in [0.717, 1.165) is 72.0 Å². The normalized spacial score (nSPS) is 15.2. The number of nitrogens with one attached hydrogen (secondary N) is 1. The Labute approximate surface area is 165 Å². The number of benzene rings is 2. The Hall–Kier alpha value is -2.86. The fourth-order valence-corrected chi connectivity index (χ4v) is 3.85. The number of methoxy groups -OCH3 is 1. The Kier molecular flexibility index (Phi) is 5.05. The second-order valence-corrected chi connectivity index (χ2v) is 7.51. The Balaban J connectivity index is 1.38. The number of rotatable bonds is 4. The predicted octanol–water partition coefficient (Wildman–Crippen LogP) is 3.15. The van der Waals surface area contributed by atoms with Gasteiger partial charge in [-0.3, -0.25) is 9.69 Å². The fourth-order valence-electron chi connectivity index (χ4n) is 3.85. The molecule has 1 amide bonds. The van der Waals surface area contributed by atoms with Crippen molar-refractivity contribution in [3.05, 3.63) is 58.9 Å². The van der Waals surface area contributed by atoms with Gasteiger partial charge in [-0.05, 0) is 38.1 Å². The van der Waals surface area contributed by atoms with E-state index < -0.39 is 0 Å². The highest BCUT2D eigenvalue weighted by Gasteiger charge is 2.23. The van der Waals surface area contributed by atoms with Crippen LogP contribution in [0.2, 0.25) is 0 Å². The van der Waals surface area contributed by atoms with Crippen LogP contribution in [0, 0.1) is 13.8 Å². The van der Waals surface area contributed by atoms with Gasteiger partial charge in [0, 0.05) is 37.8 Å². The number of ether oxygens (including phenoxy) is 1. The number of hydrogen-bond acceptors (Lipinski definition) is 4. The minimum Gasteiger partial charge on any atom is -0.497 e. The first-order valence-corrected chi connectivity index (χ1v) is 9.64. The van der Waals surface area contributed by atoms with E-state index in [0.29, 0.717) is 0 Å². The molecular weight excluding hydrogens is 352 g/mol. The maximum Gasteiger partial charge on any atom is 0.253 e. The molecule has 1 aromatic heterocycles. The van der Waals surface area contributed by atoms with Crippen molar-refractivity contribution in [3.63, 3.8) is 0 Å². The molecule has 1 aliphatic heterocycles. The number of imidazole rings is 1. The SMILES string of the molecule is COc1ccc2nc(CN3CCN(C(=O)c4cc(C)cc(C)c4)CC3)[nH]c2c1. The summed E-state index contributed by atoms with van der Waals surface area (Å²) in [5.41, 5.74) is 4.97. The quantitative estimate of drug-likeness (QED) is 0.758. The van der Waals surface area contributed by atoms with Crippen LogP contribution >= 0.6 is 0 Å². The minimum absolute atomic E-state index is 0.127. The molecule has 0 saturated carbocycles. The zero-order chi connectivity index (χ0) is 19.7. The maximum atomic E-state index is 12.8. The van der Waals surface area contributed by atoms with E-state index in [-0.39, 0.29) is 5.91 Å². The van der Waals surface area contributed by atoms with Crippen LogP contribution in [0.4, 0.5) is 0 Å². The smallest absolute Gasteiger partial charge is 0.253 e. The van der Waals surface area contributed by atoms with Gasteiger partial charge in [-0.15, -0.1) is 0 Å². The Bertz CT molecular complexity index is 983. The highest BCUT2D eigenvalue weighted by Crippen LogP contribution is 2.20. The minimum atomic E-state index is 0.127. The molecule has 0 unspecified atom stereocenters. The van der Waals surface area contributed by atoms with Gasteiger partial charge in [0.15, 0.2) is 0 Å². The van der Waals surface area contributed by atoms with Gasteiger partial charge in [-0.2, -0.15) is 0 Å². The van der Waals surface area contributed by atoms with Crippen LogP contribution in [-0.4, -0.2) is 59.0 Å². The van der Waals surface area contributed by atoms with Crippen molar-refractivity contribution in [1.29, 1.82) is 0 Å². The third kappa shape index (κ3) is 3.87. The van der Waals surface area contributed by atoms with E-state index in [1.165, 1.54) is 0 Å². The van der Waals surface area contributed by atoms with Crippen LogP contribution in [0.3, 0.4) is 0 Å². The zero-order valence-electron chi connectivity index (χ0n) is 16.7. The maximum absolute atomic E-state index is 12.8.